The van der Waals surface area contributed by atoms with E-state index in [1.54, 1.807) is 50.5 Å². The summed E-state index contributed by atoms with van der Waals surface area (Å²) in [6, 6.07) is 25.6. The lowest BCUT2D eigenvalue weighted by atomic mass is 9.68. The highest BCUT2D eigenvalue weighted by atomic mass is 16.3. The number of aryl methyl sites for hydroxylation is 1. The molecule has 8 rings (SSSR count). The molecular formula is C69H83N3O. The Morgan fingerprint density at radius 1 is 0.616 bits per heavy atom. The van der Waals surface area contributed by atoms with E-state index in [2.05, 4.69) is 59.7 Å². The van der Waals surface area contributed by atoms with E-state index in [1.165, 1.54) is 18.3 Å². The van der Waals surface area contributed by atoms with Crippen LogP contribution in [0.25, 0.3) is 72.7 Å². The molecule has 1 N–H and O–H groups in total. The van der Waals surface area contributed by atoms with Gasteiger partial charge in [0, 0.05) is 36.5 Å². The van der Waals surface area contributed by atoms with Crippen LogP contribution in [0.4, 0.5) is 0 Å². The molecule has 0 aliphatic rings. The van der Waals surface area contributed by atoms with Crippen LogP contribution in [0.3, 0.4) is 0 Å². The number of imidazole rings is 1. The molecule has 6 aromatic carbocycles. The summed E-state index contributed by atoms with van der Waals surface area (Å²) >= 11 is 0. The first-order chi connectivity index (χ1) is 41.7. The van der Waals surface area contributed by atoms with Crippen molar-refractivity contribution < 1.29 is 29.8 Å². The maximum absolute atomic E-state index is 12.6. The maximum atomic E-state index is 12.6. The lowest BCUT2D eigenvalue weighted by Gasteiger charge is -2.36. The number of aromatic nitrogens is 3. The molecule has 0 radical (unpaired) electrons. The summed E-state index contributed by atoms with van der Waals surface area (Å²) in [6.45, 7) is 11.7. The fourth-order valence-electron chi connectivity index (χ4n) is 10.0. The molecule has 0 saturated carbocycles. The Bertz CT molecular complexity index is 4000. The average molecular weight is 989 g/mol. The molecule has 380 valence electrons. The molecule has 4 nitrogen and oxygen atoms in total. The van der Waals surface area contributed by atoms with Crippen molar-refractivity contribution in [2.75, 3.05) is 0 Å². The molecule has 8 aromatic rings. The molecular weight excluding hydrogens is 887 g/mol. The van der Waals surface area contributed by atoms with Crippen molar-refractivity contribution in [3.63, 3.8) is 0 Å². The zero-order valence-corrected chi connectivity index (χ0v) is 44.9. The van der Waals surface area contributed by atoms with Gasteiger partial charge in [-0.3, -0.25) is 9.55 Å². The Labute approximate surface area is 464 Å². The van der Waals surface area contributed by atoms with Gasteiger partial charge in [0.2, 0.25) is 0 Å². The number of nitrogens with zero attached hydrogens (tertiary/aromatic N) is 3. The van der Waals surface area contributed by atoms with Gasteiger partial charge in [-0.2, -0.15) is 0 Å². The van der Waals surface area contributed by atoms with E-state index < -0.39 is 79.8 Å². The van der Waals surface area contributed by atoms with Crippen molar-refractivity contribution in [3.05, 3.63) is 166 Å². The molecule has 0 atom stereocenters. The van der Waals surface area contributed by atoms with Gasteiger partial charge < -0.3 is 5.11 Å². The van der Waals surface area contributed by atoms with E-state index in [-0.39, 0.29) is 61.6 Å². The number of benzene rings is 6. The first-order valence-electron chi connectivity index (χ1n) is 34.6. The number of pyridine rings is 1. The quantitative estimate of drug-likeness (QED) is 0.118. The molecule has 0 bridgehead atoms. The van der Waals surface area contributed by atoms with Crippen molar-refractivity contribution in [2.24, 2.45) is 0 Å². The summed E-state index contributed by atoms with van der Waals surface area (Å²) in [5.74, 6) is -2.74. The normalized spacial score (nSPS) is 17.3. The molecule has 0 spiro atoms. The van der Waals surface area contributed by atoms with Crippen LogP contribution >= 0.6 is 0 Å². The Balaban J connectivity index is 1.46. The molecule has 0 aliphatic carbocycles. The lowest BCUT2D eigenvalue weighted by molar-refractivity contribution is 0.426. The minimum Gasteiger partial charge on any atom is -0.507 e. The minimum absolute atomic E-state index is 0.0177. The van der Waals surface area contributed by atoms with Gasteiger partial charge in [-0.15, -0.1) is 0 Å². The number of para-hydroxylation sites is 1. The average Bonchev–Trinajstić information content (AvgIpc) is 0.776. The number of fused-ring (bicyclic) bond motifs is 1. The number of aromatic hydroxyl groups is 1. The Morgan fingerprint density at radius 2 is 1.26 bits per heavy atom. The third kappa shape index (κ3) is 10.1. The van der Waals surface area contributed by atoms with Gasteiger partial charge >= 0.3 is 0 Å². The van der Waals surface area contributed by atoms with Crippen LogP contribution in [0.15, 0.2) is 127 Å². The summed E-state index contributed by atoms with van der Waals surface area (Å²) < 4.78 is 160. The van der Waals surface area contributed by atoms with Crippen LogP contribution in [-0.2, 0) is 21.7 Å². The van der Waals surface area contributed by atoms with Gasteiger partial charge in [0.1, 0.15) is 11.6 Å². The lowest BCUT2D eigenvalue weighted by Crippen LogP contribution is -2.25. The van der Waals surface area contributed by atoms with E-state index in [9.17, 15) is 14.7 Å². The summed E-state index contributed by atoms with van der Waals surface area (Å²) in [6.07, 6.45) is 4.74. The van der Waals surface area contributed by atoms with Crippen molar-refractivity contribution >= 4 is 11.0 Å². The zero-order chi connectivity index (χ0) is 68.3. The van der Waals surface area contributed by atoms with Crippen molar-refractivity contribution in [2.45, 2.75) is 177 Å². The molecule has 0 amide bonds. The third-order valence-electron chi connectivity index (χ3n) is 15.6. The second-order valence-electron chi connectivity index (χ2n) is 21.8. The summed E-state index contributed by atoms with van der Waals surface area (Å²) in [5, 5.41) is 12.6. The fraction of sp³-hybridized carbons (Fsp3) is 0.391. The smallest absolute Gasteiger partial charge is 0.149 e. The highest BCUT2D eigenvalue weighted by molar-refractivity contribution is 5.97. The number of rotatable bonds is 14. The van der Waals surface area contributed by atoms with Gasteiger partial charge in [0.05, 0.1) is 33.5 Å². The molecule has 0 unspecified atom stereocenters. The third-order valence-corrected chi connectivity index (χ3v) is 15.6. The fourth-order valence-corrected chi connectivity index (χ4v) is 10.0. The number of hydrogen-bond donors (Lipinski definition) is 1. The Hall–Kier alpha value is -6.26. The first kappa shape index (κ1) is 34.3. The van der Waals surface area contributed by atoms with Gasteiger partial charge in [-0.05, 0) is 181 Å². The van der Waals surface area contributed by atoms with Crippen LogP contribution < -0.4 is 0 Å². The largest absolute Gasteiger partial charge is 0.507 e. The van der Waals surface area contributed by atoms with E-state index in [4.69, 9.17) is 25.0 Å². The first-order valence-corrected chi connectivity index (χ1v) is 25.6. The van der Waals surface area contributed by atoms with E-state index >= 15 is 0 Å². The van der Waals surface area contributed by atoms with Crippen LogP contribution in [0, 0.1) is 6.85 Å². The standard InChI is InChI=1S/C69H83N3O/c1-18-68(16,19-2)57-25-23-26-58(69(17,20-3)21-4)62(57)48-30-33-60(45(9)36-48)72-61-27-22-24-54(63(61)71-65(72)56-41-49(43(5)6)40-55(44(7)8)64(56)73)50-37-51(39-53(38-50)67(13,14)15)59-42-47(34-35-70-59)46-28-31-52(32-29-46)66(10,11)12/h22-44,73H,18-21H2,1-17H3/i9D3,10D3,11D3,12D3,28D,29D,31D,32D,43D,44D. The molecule has 73 heavy (non-hydrogen) atoms. The highest BCUT2D eigenvalue weighted by Gasteiger charge is 2.33. The van der Waals surface area contributed by atoms with E-state index in [0.29, 0.717) is 33.3 Å². The SMILES string of the molecule is [2H]c1c([2H])c(C(C([2H])([2H])[2H])(C([2H])([2H])[2H])C([2H])([2H])[2H])c([2H])c([2H])c1-c1ccnc(-c2cc(-c3cccc4c3nc(-c3cc(C([2H])(C)C)cc(C([2H])(C)C)c3O)n4-c3ccc(-c4c(C(C)(CC)CC)cccc4C(C)(CC)CC)cc3C([2H])([2H])[2H])cc(C(C)(C)C)c2)c1. The number of hydrogen-bond acceptors (Lipinski definition) is 3. The molecule has 0 saturated heterocycles. The van der Waals surface area contributed by atoms with E-state index in [1.807, 2.05) is 69.3 Å². The van der Waals surface area contributed by atoms with Gasteiger partial charge in [-0.1, -0.05) is 183 Å². The van der Waals surface area contributed by atoms with Crippen LogP contribution in [0.5, 0.6) is 5.75 Å². The predicted molar refractivity (Wildman–Crippen MR) is 314 cm³/mol. The maximum Gasteiger partial charge on any atom is 0.149 e. The zero-order valence-electron chi connectivity index (χ0n) is 62.9. The second-order valence-corrected chi connectivity index (χ2v) is 21.8. The number of phenols is 1. The van der Waals surface area contributed by atoms with Gasteiger partial charge in [0.25, 0.3) is 0 Å². The molecule has 2 heterocycles. The second kappa shape index (κ2) is 20.2. The van der Waals surface area contributed by atoms with Crippen LogP contribution in [0.1, 0.15) is 212 Å². The molecule has 2 aromatic heterocycles. The molecule has 4 heteroatoms. The minimum atomic E-state index is -3.85. The van der Waals surface area contributed by atoms with Crippen LogP contribution in [-0.4, -0.2) is 19.6 Å². The van der Waals surface area contributed by atoms with Gasteiger partial charge in [0.15, 0.2) is 0 Å². The van der Waals surface area contributed by atoms with Crippen LogP contribution in [0.2, 0.25) is 0 Å². The van der Waals surface area contributed by atoms with Gasteiger partial charge in [-0.25, -0.2) is 4.98 Å². The monoisotopic (exact) mass is 988 g/mol. The van der Waals surface area contributed by atoms with Crippen molar-refractivity contribution in [3.8, 4) is 67.5 Å². The Morgan fingerprint density at radius 3 is 1.85 bits per heavy atom. The number of phenolic OH excluding ortho intramolecular Hbond substituents is 1. The summed E-state index contributed by atoms with van der Waals surface area (Å²) in [5.41, 5.74) is 2.33. The predicted octanol–water partition coefficient (Wildman–Crippen LogP) is 19.8. The Kier molecular flexibility index (Phi) is 9.49. The summed E-state index contributed by atoms with van der Waals surface area (Å²) in [4.78, 5) is 10.2. The van der Waals surface area contributed by atoms with E-state index in [0.717, 1.165) is 53.5 Å². The molecule has 0 fully saturated rings. The topological polar surface area (TPSA) is 50.9 Å². The highest BCUT2D eigenvalue weighted by Crippen LogP contribution is 2.48. The molecule has 0 aliphatic heterocycles. The summed E-state index contributed by atoms with van der Waals surface area (Å²) in [7, 11) is 0. The van der Waals surface area contributed by atoms with Crippen molar-refractivity contribution in [1.29, 1.82) is 0 Å². The van der Waals surface area contributed by atoms with Crippen molar-refractivity contribution in [1.82, 2.24) is 14.5 Å².